The smallest absolute Gasteiger partial charge is 0.264 e. The lowest BCUT2D eigenvalue weighted by Gasteiger charge is -2.37. The van der Waals surface area contributed by atoms with Gasteiger partial charge in [-0.15, -0.1) is 5.10 Å². The topological polar surface area (TPSA) is 128 Å². The van der Waals surface area contributed by atoms with Gasteiger partial charge in [0.1, 0.15) is 11.5 Å². The number of hydrogen-bond donors (Lipinski definition) is 2. The second kappa shape index (κ2) is 13.2. The lowest BCUT2D eigenvalue weighted by molar-refractivity contribution is -0.145. The first-order chi connectivity index (χ1) is 23.0. The van der Waals surface area contributed by atoms with Crippen molar-refractivity contribution >= 4 is 36.4 Å². The molecule has 1 fully saturated rings. The van der Waals surface area contributed by atoms with E-state index >= 15 is 0 Å². The van der Waals surface area contributed by atoms with Crippen LogP contribution < -0.4 is 24.9 Å². The molecule has 6 rings (SSSR count). The van der Waals surface area contributed by atoms with Gasteiger partial charge >= 0.3 is 0 Å². The standard InChI is InChI=1S/C36H43N5O6Si/c1-23-33(48(5,6)29-14-12-28(46-4)13-15-29)32(17-19-41-22-26(18-20-42)38-39-41)47-36(23)30-21-25(9-16-31(30)40(2)35(36)44)37-34(43)24-7-10-27(45-3)11-8-24/h7-16,21-23,32-33,42H,17-20H2,1-6H3,(H,37,43)/t23-,32+,33-,36+/m1/s1. The number of anilines is 2. The minimum atomic E-state index is -2.32. The number of amides is 2. The van der Waals surface area contributed by atoms with E-state index in [1.807, 2.05) is 36.5 Å². The Balaban J connectivity index is 1.37. The van der Waals surface area contributed by atoms with Crippen molar-refractivity contribution in [2.45, 2.75) is 56.7 Å². The Bertz CT molecular complexity index is 1790. The van der Waals surface area contributed by atoms with Crippen LogP contribution in [0.1, 0.15) is 35.0 Å². The Labute approximate surface area is 281 Å². The van der Waals surface area contributed by atoms with Gasteiger partial charge in [-0.1, -0.05) is 42.6 Å². The van der Waals surface area contributed by atoms with Gasteiger partial charge < -0.3 is 29.5 Å². The third-order valence-electron chi connectivity index (χ3n) is 10.2. The predicted molar refractivity (Wildman–Crippen MR) is 186 cm³/mol. The first-order valence-corrected chi connectivity index (χ1v) is 19.3. The van der Waals surface area contributed by atoms with Gasteiger partial charge in [-0.2, -0.15) is 0 Å². The quantitative estimate of drug-likeness (QED) is 0.226. The molecule has 3 heterocycles. The minimum absolute atomic E-state index is 0.00572. The van der Waals surface area contributed by atoms with Gasteiger partial charge in [-0.25, -0.2) is 0 Å². The lowest BCUT2D eigenvalue weighted by atomic mass is 9.82. The van der Waals surface area contributed by atoms with Crippen molar-refractivity contribution < 1.29 is 28.9 Å². The van der Waals surface area contributed by atoms with Crippen LogP contribution >= 0.6 is 0 Å². The number of methoxy groups -OCH3 is 2. The third kappa shape index (κ3) is 5.77. The molecule has 12 heteroatoms. The average molecular weight is 670 g/mol. The number of aromatic nitrogens is 3. The average Bonchev–Trinajstić information content (AvgIpc) is 3.74. The van der Waals surface area contributed by atoms with E-state index in [2.05, 4.69) is 47.8 Å². The largest absolute Gasteiger partial charge is 0.497 e. The van der Waals surface area contributed by atoms with Crippen molar-refractivity contribution in [2.24, 2.45) is 5.92 Å². The molecule has 1 saturated heterocycles. The van der Waals surface area contributed by atoms with Gasteiger partial charge in [0, 0.05) is 55.5 Å². The monoisotopic (exact) mass is 669 g/mol. The number of hydrogen-bond acceptors (Lipinski definition) is 8. The lowest BCUT2D eigenvalue weighted by Crippen LogP contribution is -2.51. The number of rotatable bonds is 11. The van der Waals surface area contributed by atoms with Gasteiger partial charge in [-0.3, -0.25) is 14.3 Å². The molecular formula is C36H43N5O6Si. The molecule has 0 radical (unpaired) electrons. The van der Waals surface area contributed by atoms with Crippen molar-refractivity contribution in [3.05, 3.63) is 89.7 Å². The first kappa shape index (κ1) is 33.4. The van der Waals surface area contributed by atoms with E-state index in [0.29, 0.717) is 36.4 Å². The van der Waals surface area contributed by atoms with Gasteiger partial charge in [0.2, 0.25) is 0 Å². The molecule has 4 atom stereocenters. The summed E-state index contributed by atoms with van der Waals surface area (Å²) in [7, 11) is 2.71. The number of aryl methyl sites for hydroxylation is 1. The first-order valence-electron chi connectivity index (χ1n) is 16.2. The molecule has 0 aliphatic carbocycles. The van der Waals surface area contributed by atoms with E-state index in [1.165, 1.54) is 5.19 Å². The van der Waals surface area contributed by atoms with E-state index in [9.17, 15) is 14.7 Å². The fourth-order valence-corrected chi connectivity index (χ4v) is 11.7. The number of aliphatic hydroxyl groups excluding tert-OH is 1. The number of benzene rings is 3. The maximum absolute atomic E-state index is 14.4. The fraction of sp³-hybridized carbons (Fsp3) is 0.389. The molecule has 4 aromatic rings. The molecule has 2 N–H and O–H groups in total. The van der Waals surface area contributed by atoms with Crippen molar-refractivity contribution in [2.75, 3.05) is 38.1 Å². The molecule has 0 saturated carbocycles. The fourth-order valence-electron chi connectivity index (χ4n) is 7.65. The highest BCUT2D eigenvalue weighted by Gasteiger charge is 2.65. The molecule has 48 heavy (non-hydrogen) atoms. The number of likely N-dealkylation sites (N-methyl/N-ethyl adjacent to an activating group) is 1. The van der Waals surface area contributed by atoms with Crippen molar-refractivity contribution in [3.8, 4) is 11.5 Å². The molecule has 2 amide bonds. The van der Waals surface area contributed by atoms with Crippen LogP contribution in [0.15, 0.2) is 72.9 Å². The molecule has 2 aliphatic heterocycles. The van der Waals surface area contributed by atoms with Gasteiger partial charge in [0.05, 0.1) is 39.8 Å². The molecule has 0 unspecified atom stereocenters. The van der Waals surface area contributed by atoms with Gasteiger partial charge in [-0.05, 0) is 66.6 Å². The summed E-state index contributed by atoms with van der Waals surface area (Å²) in [5.41, 5.74) is 2.14. The third-order valence-corrected chi connectivity index (χ3v) is 14.5. The summed E-state index contributed by atoms with van der Waals surface area (Å²) < 4.78 is 19.6. The number of nitrogens with zero attached hydrogens (tertiary/aromatic N) is 4. The normalized spacial score (nSPS) is 21.9. The van der Waals surface area contributed by atoms with Crippen LogP contribution in [0.2, 0.25) is 18.6 Å². The minimum Gasteiger partial charge on any atom is -0.497 e. The zero-order valence-electron chi connectivity index (χ0n) is 28.3. The molecule has 252 valence electrons. The van der Waals surface area contributed by atoms with Crippen molar-refractivity contribution in [1.29, 1.82) is 0 Å². The van der Waals surface area contributed by atoms with E-state index < -0.39 is 13.7 Å². The molecule has 1 spiro atoms. The molecule has 2 aliphatic rings. The Kier molecular flexibility index (Phi) is 9.16. The Morgan fingerprint density at radius 3 is 2.35 bits per heavy atom. The number of ether oxygens (including phenoxy) is 3. The highest BCUT2D eigenvalue weighted by Crippen LogP contribution is 2.60. The number of fused-ring (bicyclic) bond motifs is 2. The summed E-state index contributed by atoms with van der Waals surface area (Å²) in [6, 6.07) is 20.8. The Hall–Kier alpha value is -4.52. The van der Waals surface area contributed by atoms with Crippen LogP contribution in [0, 0.1) is 5.92 Å². The number of nitrogens with one attached hydrogen (secondary N) is 1. The summed E-state index contributed by atoms with van der Waals surface area (Å²) in [4.78, 5) is 29.4. The van der Waals surface area contributed by atoms with E-state index in [1.54, 1.807) is 55.1 Å². The summed E-state index contributed by atoms with van der Waals surface area (Å²) in [5, 5.41) is 22.1. The second-order valence-electron chi connectivity index (χ2n) is 13.2. The van der Waals surface area contributed by atoms with Crippen molar-refractivity contribution in [1.82, 2.24) is 15.0 Å². The molecule has 1 aromatic heterocycles. The Morgan fingerprint density at radius 2 is 1.71 bits per heavy atom. The van der Waals surface area contributed by atoms with E-state index in [0.717, 1.165) is 22.7 Å². The van der Waals surface area contributed by atoms with Crippen LogP contribution in [0.4, 0.5) is 11.4 Å². The number of carbonyl (C=O) groups excluding carboxylic acids is 2. The zero-order chi connectivity index (χ0) is 34.2. The molecule has 3 aromatic carbocycles. The van der Waals surface area contributed by atoms with Crippen LogP contribution in [-0.4, -0.2) is 74.0 Å². The predicted octanol–water partition coefficient (Wildman–Crippen LogP) is 4.37. The van der Waals surface area contributed by atoms with Crippen LogP contribution in [0.5, 0.6) is 11.5 Å². The molecule has 0 bridgehead atoms. The van der Waals surface area contributed by atoms with Gasteiger partial charge in [0.15, 0.2) is 5.60 Å². The molecule has 11 nitrogen and oxygen atoms in total. The highest BCUT2D eigenvalue weighted by atomic mass is 28.3. The van der Waals surface area contributed by atoms with Gasteiger partial charge in [0.25, 0.3) is 11.8 Å². The van der Waals surface area contributed by atoms with E-state index in [4.69, 9.17) is 14.2 Å². The van der Waals surface area contributed by atoms with Crippen LogP contribution in [0.3, 0.4) is 0 Å². The summed E-state index contributed by atoms with van der Waals surface area (Å²) in [6.45, 7) is 7.38. The Morgan fingerprint density at radius 1 is 1.04 bits per heavy atom. The number of aliphatic hydroxyl groups is 1. The zero-order valence-corrected chi connectivity index (χ0v) is 29.3. The summed E-state index contributed by atoms with van der Waals surface area (Å²) in [6.07, 6.45) is 2.64. The summed E-state index contributed by atoms with van der Waals surface area (Å²) in [5.74, 6) is 0.904. The number of carbonyl (C=O) groups is 2. The SMILES string of the molecule is COc1ccc(C(=O)Nc2ccc3c(c2)[C@]2(O[C@@H](CCn4cc(CCO)nn4)[C@H]([Si](C)(C)c4ccc(OC)cc4)[C@H]2C)C(=O)N3C)cc1. The maximum atomic E-state index is 14.4. The van der Waals surface area contributed by atoms with Crippen LogP contribution in [0.25, 0.3) is 0 Å². The van der Waals surface area contributed by atoms with E-state index in [-0.39, 0.29) is 36.0 Å². The van der Waals surface area contributed by atoms with Crippen LogP contribution in [-0.2, 0) is 28.1 Å². The summed E-state index contributed by atoms with van der Waals surface area (Å²) >= 11 is 0. The molecular weight excluding hydrogens is 627 g/mol. The van der Waals surface area contributed by atoms with Crippen molar-refractivity contribution in [3.63, 3.8) is 0 Å². The highest BCUT2D eigenvalue weighted by molar-refractivity contribution is 6.91. The second-order valence-corrected chi connectivity index (χ2v) is 17.9. The maximum Gasteiger partial charge on any atom is 0.264 e.